The lowest BCUT2D eigenvalue weighted by Gasteiger charge is -2.36. The third kappa shape index (κ3) is 3.59. The van der Waals surface area contributed by atoms with E-state index in [1.165, 1.54) is 39.0 Å². The van der Waals surface area contributed by atoms with Crippen molar-refractivity contribution in [1.82, 2.24) is 0 Å². The summed E-state index contributed by atoms with van der Waals surface area (Å²) in [4.78, 5) is 12.5. The Morgan fingerprint density at radius 1 is 1.24 bits per heavy atom. The van der Waals surface area contributed by atoms with E-state index in [9.17, 15) is 14.3 Å². The van der Waals surface area contributed by atoms with Crippen molar-refractivity contribution in [1.29, 1.82) is 0 Å². The average molecular weight is 348 g/mol. The normalized spacial score (nSPS) is 28.8. The Bertz CT molecular complexity index is 632. The van der Waals surface area contributed by atoms with Gasteiger partial charge in [-0.1, -0.05) is 45.2 Å². The molecule has 1 fully saturated rings. The number of aliphatic hydroxyl groups excluding tert-OH is 1. The number of hydrogen-bond donors (Lipinski definition) is 1. The molecule has 0 bridgehead atoms. The highest BCUT2D eigenvalue weighted by Gasteiger charge is 2.38. The van der Waals surface area contributed by atoms with Crippen molar-refractivity contribution >= 4 is 5.97 Å². The fourth-order valence-corrected chi connectivity index (χ4v) is 4.55. The molecule has 1 aliphatic carbocycles. The molecule has 1 saturated carbocycles. The van der Waals surface area contributed by atoms with E-state index in [0.717, 1.165) is 11.5 Å². The van der Waals surface area contributed by atoms with Gasteiger partial charge in [-0.15, -0.1) is 0 Å². The number of aliphatic hydroxyl groups is 1. The van der Waals surface area contributed by atoms with Gasteiger partial charge in [0.25, 0.3) is 0 Å². The van der Waals surface area contributed by atoms with Crippen LogP contribution in [-0.2, 0) is 11.2 Å². The van der Waals surface area contributed by atoms with Gasteiger partial charge in [0, 0.05) is 5.56 Å². The second kappa shape index (κ2) is 7.45. The molecule has 3 nitrogen and oxygen atoms in total. The minimum atomic E-state index is -0.922. The molecule has 3 atom stereocenters. The Kier molecular flexibility index (Phi) is 5.47. The number of hydrogen-bond acceptors (Lipinski definition) is 3. The van der Waals surface area contributed by atoms with E-state index in [2.05, 4.69) is 13.8 Å². The molecule has 0 saturated heterocycles. The lowest BCUT2D eigenvalue weighted by molar-refractivity contribution is -0.143. The minimum Gasteiger partial charge on any atom is -0.423 e. The summed E-state index contributed by atoms with van der Waals surface area (Å²) in [5, 5.41) is 9.64. The van der Waals surface area contributed by atoms with E-state index in [0.29, 0.717) is 12.3 Å². The molecule has 1 heterocycles. The molecule has 1 aliphatic heterocycles. The highest BCUT2D eigenvalue weighted by Crippen LogP contribution is 2.42. The molecule has 25 heavy (non-hydrogen) atoms. The molecule has 0 spiro atoms. The summed E-state index contributed by atoms with van der Waals surface area (Å²) in [6.07, 6.45) is 5.68. The first-order valence-corrected chi connectivity index (χ1v) is 9.63. The van der Waals surface area contributed by atoms with Gasteiger partial charge in [0.05, 0.1) is 12.0 Å². The van der Waals surface area contributed by atoms with Crippen molar-refractivity contribution in [2.45, 2.75) is 65.4 Å². The molecule has 2 aliphatic rings. The third-order valence-corrected chi connectivity index (χ3v) is 6.45. The first-order chi connectivity index (χ1) is 11.9. The molecule has 4 heteroatoms. The molecule has 138 valence electrons. The van der Waals surface area contributed by atoms with Crippen LogP contribution in [0, 0.1) is 29.5 Å². The third-order valence-electron chi connectivity index (χ3n) is 6.45. The van der Waals surface area contributed by atoms with Crippen LogP contribution < -0.4 is 4.74 Å². The van der Waals surface area contributed by atoms with E-state index in [-0.39, 0.29) is 29.1 Å². The summed E-state index contributed by atoms with van der Waals surface area (Å²) in [6, 6.07) is 3.40. The molecular weight excluding hydrogens is 319 g/mol. The van der Waals surface area contributed by atoms with Crippen LogP contribution in [0.5, 0.6) is 5.75 Å². The number of carbonyl (C=O) groups is 1. The Morgan fingerprint density at radius 2 is 1.92 bits per heavy atom. The van der Waals surface area contributed by atoms with E-state index >= 15 is 0 Å². The molecular formula is C21H29FO3. The van der Waals surface area contributed by atoms with E-state index in [1.54, 1.807) is 12.1 Å². The van der Waals surface area contributed by atoms with Crippen LogP contribution in [-0.4, -0.2) is 11.1 Å². The van der Waals surface area contributed by atoms with Crippen molar-refractivity contribution in [3.8, 4) is 5.75 Å². The highest BCUT2D eigenvalue weighted by atomic mass is 19.1. The van der Waals surface area contributed by atoms with Crippen molar-refractivity contribution in [3.63, 3.8) is 0 Å². The quantitative estimate of drug-likeness (QED) is 0.627. The molecule has 0 amide bonds. The molecule has 3 rings (SSSR count). The fourth-order valence-electron chi connectivity index (χ4n) is 4.55. The maximum absolute atomic E-state index is 14.5. The zero-order chi connectivity index (χ0) is 18.1. The molecule has 3 unspecified atom stereocenters. The van der Waals surface area contributed by atoms with Crippen LogP contribution in [0.2, 0.25) is 0 Å². The lowest BCUT2D eigenvalue weighted by atomic mass is 9.70. The number of fused-ring (bicyclic) bond motifs is 1. The fraction of sp³-hybridized carbons (Fsp3) is 0.667. The Morgan fingerprint density at radius 3 is 2.52 bits per heavy atom. The van der Waals surface area contributed by atoms with Crippen LogP contribution in [0.15, 0.2) is 12.1 Å². The minimum absolute atomic E-state index is 0.0153. The summed E-state index contributed by atoms with van der Waals surface area (Å²) in [5.41, 5.74) is 0.913. The maximum atomic E-state index is 14.5. The number of carbonyl (C=O) groups excluding carboxylic acids is 1. The predicted molar refractivity (Wildman–Crippen MR) is 94.8 cm³/mol. The smallest absolute Gasteiger partial charge is 0.315 e. The van der Waals surface area contributed by atoms with Gasteiger partial charge < -0.3 is 9.84 Å². The summed E-state index contributed by atoms with van der Waals surface area (Å²) in [5.74, 6) is 0.514. The van der Waals surface area contributed by atoms with Gasteiger partial charge in [0.1, 0.15) is 0 Å². The summed E-state index contributed by atoms with van der Waals surface area (Å²) >= 11 is 0. The Labute approximate surface area is 149 Å². The van der Waals surface area contributed by atoms with Crippen LogP contribution in [0.25, 0.3) is 0 Å². The highest BCUT2D eigenvalue weighted by molar-refractivity contribution is 5.78. The van der Waals surface area contributed by atoms with Gasteiger partial charge in [0.15, 0.2) is 11.6 Å². The second-order valence-corrected chi connectivity index (χ2v) is 7.91. The standard InChI is InChI=1S/C21H29FO3/c1-4-14-5-7-15(8-6-14)12(2)18-11-16-9-10-17(13(3)23)19(22)20(16)25-21(18)24/h9-10,12-15,18,23H,4-8,11H2,1-3H3. The monoisotopic (exact) mass is 348 g/mol. The molecule has 1 N–H and O–H groups in total. The van der Waals surface area contributed by atoms with Crippen LogP contribution in [0.3, 0.4) is 0 Å². The van der Waals surface area contributed by atoms with E-state index in [1.807, 2.05) is 0 Å². The Balaban J connectivity index is 1.76. The summed E-state index contributed by atoms with van der Waals surface area (Å²) in [7, 11) is 0. The number of esters is 1. The molecule has 1 aromatic rings. The molecule has 1 aromatic carbocycles. The molecule has 0 radical (unpaired) electrons. The van der Waals surface area contributed by atoms with Crippen LogP contribution >= 0.6 is 0 Å². The largest absolute Gasteiger partial charge is 0.423 e. The molecule has 0 aromatic heterocycles. The van der Waals surface area contributed by atoms with Crippen LogP contribution in [0.4, 0.5) is 4.39 Å². The SMILES string of the molecule is CCC1CCC(C(C)C2Cc3ccc(C(C)O)c(F)c3OC2=O)CC1. The van der Waals surface area contributed by atoms with Gasteiger partial charge in [-0.3, -0.25) is 4.79 Å². The number of benzene rings is 1. The number of ether oxygens (including phenoxy) is 1. The van der Waals surface area contributed by atoms with Crippen molar-refractivity contribution in [3.05, 3.63) is 29.1 Å². The van der Waals surface area contributed by atoms with Crippen molar-refractivity contribution in [2.24, 2.45) is 23.7 Å². The first kappa shape index (κ1) is 18.4. The summed E-state index contributed by atoms with van der Waals surface area (Å²) < 4.78 is 19.9. The zero-order valence-electron chi connectivity index (χ0n) is 15.4. The summed E-state index contributed by atoms with van der Waals surface area (Å²) in [6.45, 7) is 5.90. The number of halogens is 1. The Hall–Kier alpha value is -1.42. The maximum Gasteiger partial charge on any atom is 0.315 e. The van der Waals surface area contributed by atoms with Crippen LogP contribution in [0.1, 0.15) is 70.1 Å². The van der Waals surface area contributed by atoms with Crippen molar-refractivity contribution < 1.29 is 19.0 Å². The first-order valence-electron chi connectivity index (χ1n) is 9.63. The van der Waals surface area contributed by atoms with Crippen molar-refractivity contribution in [2.75, 3.05) is 0 Å². The predicted octanol–water partition coefficient (Wildman–Crippen LogP) is 4.81. The van der Waals surface area contributed by atoms with E-state index in [4.69, 9.17) is 4.74 Å². The van der Waals surface area contributed by atoms with Gasteiger partial charge in [-0.2, -0.15) is 0 Å². The van der Waals surface area contributed by atoms with E-state index < -0.39 is 11.9 Å². The average Bonchev–Trinajstić information content (AvgIpc) is 2.61. The topological polar surface area (TPSA) is 46.5 Å². The van der Waals surface area contributed by atoms with Gasteiger partial charge >= 0.3 is 5.97 Å². The number of rotatable bonds is 4. The second-order valence-electron chi connectivity index (χ2n) is 7.91. The van der Waals surface area contributed by atoms with Gasteiger partial charge in [-0.05, 0) is 49.5 Å². The zero-order valence-corrected chi connectivity index (χ0v) is 15.4. The van der Waals surface area contributed by atoms with Gasteiger partial charge in [0.2, 0.25) is 0 Å². The lowest BCUT2D eigenvalue weighted by Crippen LogP contribution is -2.37. The van der Waals surface area contributed by atoms with Gasteiger partial charge in [-0.25, -0.2) is 4.39 Å².